The van der Waals surface area contributed by atoms with Crippen LogP contribution in [0.15, 0.2) is 54.3 Å². The maximum atomic E-state index is 4.53. The molecule has 3 rings (SSSR count). The van der Waals surface area contributed by atoms with Crippen LogP contribution in [0.2, 0.25) is 0 Å². The molecule has 0 aliphatic rings. The van der Waals surface area contributed by atoms with E-state index in [1.165, 1.54) is 0 Å². The molecule has 0 aliphatic carbocycles. The molecular formula is C13H10N4S. The van der Waals surface area contributed by atoms with Crippen molar-refractivity contribution in [1.29, 1.82) is 0 Å². The molecule has 0 spiro atoms. The molecule has 0 unspecified atom stereocenters. The van der Waals surface area contributed by atoms with Crippen LogP contribution < -0.4 is 5.32 Å². The highest BCUT2D eigenvalue weighted by Crippen LogP contribution is 2.23. The number of nitrogens with zero attached hydrogens (tertiary/aromatic N) is 3. The topological polar surface area (TPSA) is 50.7 Å². The largest absolute Gasteiger partial charge is 0.325 e. The summed E-state index contributed by atoms with van der Waals surface area (Å²) in [5, 5.41) is 3.17. The number of thiazole rings is 1. The van der Waals surface area contributed by atoms with Crippen LogP contribution in [0, 0.1) is 0 Å². The highest BCUT2D eigenvalue weighted by atomic mass is 32.1. The lowest BCUT2D eigenvalue weighted by molar-refractivity contribution is 1.25. The highest BCUT2D eigenvalue weighted by molar-refractivity contribution is 7.13. The lowest BCUT2D eigenvalue weighted by Crippen LogP contribution is -1.95. The molecule has 5 heteroatoms. The molecule has 0 amide bonds. The zero-order valence-electron chi connectivity index (χ0n) is 9.45. The molecule has 18 heavy (non-hydrogen) atoms. The molecule has 0 saturated heterocycles. The lowest BCUT2D eigenvalue weighted by atomic mass is 10.3. The number of pyridine rings is 2. The van der Waals surface area contributed by atoms with E-state index >= 15 is 0 Å². The minimum atomic E-state index is 0.777. The number of hydrogen-bond acceptors (Lipinski definition) is 5. The molecule has 0 fully saturated rings. The summed E-state index contributed by atoms with van der Waals surface area (Å²) >= 11 is 1.57. The van der Waals surface area contributed by atoms with Gasteiger partial charge in [-0.05, 0) is 24.3 Å². The lowest BCUT2D eigenvalue weighted by Gasteiger charge is -2.05. The SMILES string of the molecule is c1ccc(Nc2cccc(-c3cncs3)n2)nc1. The van der Waals surface area contributed by atoms with Gasteiger partial charge < -0.3 is 5.32 Å². The van der Waals surface area contributed by atoms with Gasteiger partial charge in [0.05, 0.1) is 16.1 Å². The standard InChI is InChI=1S/C13H10N4S/c1-2-7-15-12(5-1)17-13-6-3-4-10(16-13)11-8-14-9-18-11/h1-9H,(H,15,16,17). The monoisotopic (exact) mass is 254 g/mol. The van der Waals surface area contributed by atoms with Gasteiger partial charge in [-0.1, -0.05) is 12.1 Å². The predicted octanol–water partition coefficient (Wildman–Crippen LogP) is 3.34. The summed E-state index contributed by atoms with van der Waals surface area (Å²) in [6, 6.07) is 11.6. The van der Waals surface area contributed by atoms with E-state index in [2.05, 4.69) is 20.3 Å². The third kappa shape index (κ3) is 2.36. The molecule has 3 aromatic heterocycles. The Labute approximate surface area is 108 Å². The van der Waals surface area contributed by atoms with Crippen molar-refractivity contribution in [1.82, 2.24) is 15.0 Å². The third-order valence-electron chi connectivity index (χ3n) is 2.35. The van der Waals surface area contributed by atoms with Gasteiger partial charge in [-0.2, -0.15) is 0 Å². The first-order chi connectivity index (χ1) is 8.92. The molecule has 3 heterocycles. The summed E-state index contributed by atoms with van der Waals surface area (Å²) in [5.41, 5.74) is 2.72. The summed E-state index contributed by atoms with van der Waals surface area (Å²) in [5.74, 6) is 1.56. The van der Waals surface area contributed by atoms with Crippen molar-refractivity contribution in [2.45, 2.75) is 0 Å². The van der Waals surface area contributed by atoms with Crippen molar-refractivity contribution in [3.8, 4) is 10.6 Å². The van der Waals surface area contributed by atoms with Gasteiger partial charge in [0.25, 0.3) is 0 Å². The summed E-state index contributed by atoms with van der Waals surface area (Å²) in [6.07, 6.45) is 3.56. The highest BCUT2D eigenvalue weighted by Gasteiger charge is 2.02. The maximum Gasteiger partial charge on any atom is 0.132 e. The molecule has 1 N–H and O–H groups in total. The Balaban J connectivity index is 1.88. The zero-order valence-corrected chi connectivity index (χ0v) is 10.3. The number of aromatic nitrogens is 3. The van der Waals surface area contributed by atoms with Crippen molar-refractivity contribution >= 4 is 23.0 Å². The zero-order chi connectivity index (χ0) is 12.2. The summed E-state index contributed by atoms with van der Waals surface area (Å²) < 4.78 is 0. The van der Waals surface area contributed by atoms with Crippen molar-refractivity contribution in [3.05, 3.63) is 54.3 Å². The van der Waals surface area contributed by atoms with Crippen LogP contribution in [-0.4, -0.2) is 15.0 Å². The molecule has 0 atom stereocenters. The quantitative estimate of drug-likeness (QED) is 0.778. The Morgan fingerprint density at radius 3 is 2.72 bits per heavy atom. The minimum Gasteiger partial charge on any atom is -0.325 e. The summed E-state index contributed by atoms with van der Waals surface area (Å²) in [6.45, 7) is 0. The maximum absolute atomic E-state index is 4.53. The first-order valence-corrected chi connectivity index (χ1v) is 6.34. The van der Waals surface area contributed by atoms with Gasteiger partial charge in [0.1, 0.15) is 11.6 Å². The predicted molar refractivity (Wildman–Crippen MR) is 72.9 cm³/mol. The molecule has 0 aromatic carbocycles. The van der Waals surface area contributed by atoms with Crippen LogP contribution in [0.5, 0.6) is 0 Å². The van der Waals surface area contributed by atoms with E-state index in [0.29, 0.717) is 0 Å². The molecule has 0 bridgehead atoms. The van der Waals surface area contributed by atoms with Crippen LogP contribution in [0.25, 0.3) is 10.6 Å². The number of rotatable bonds is 3. The average Bonchev–Trinajstić information content (AvgIpc) is 2.94. The van der Waals surface area contributed by atoms with Gasteiger partial charge in [-0.15, -0.1) is 11.3 Å². The molecule has 88 valence electrons. The molecular weight excluding hydrogens is 244 g/mol. The average molecular weight is 254 g/mol. The Hall–Kier alpha value is -2.27. The van der Waals surface area contributed by atoms with Gasteiger partial charge >= 0.3 is 0 Å². The fraction of sp³-hybridized carbons (Fsp3) is 0. The van der Waals surface area contributed by atoms with Crippen molar-refractivity contribution in [2.24, 2.45) is 0 Å². The van der Waals surface area contributed by atoms with Crippen molar-refractivity contribution in [3.63, 3.8) is 0 Å². The van der Waals surface area contributed by atoms with E-state index in [0.717, 1.165) is 22.2 Å². The Kier molecular flexibility index (Phi) is 2.97. The third-order valence-corrected chi connectivity index (χ3v) is 3.15. The summed E-state index contributed by atoms with van der Waals surface area (Å²) in [7, 11) is 0. The Morgan fingerprint density at radius 1 is 1.00 bits per heavy atom. The second kappa shape index (κ2) is 4.93. The first kappa shape index (κ1) is 10.9. The van der Waals surface area contributed by atoms with Gasteiger partial charge in [-0.25, -0.2) is 9.97 Å². The van der Waals surface area contributed by atoms with Gasteiger partial charge in [0.2, 0.25) is 0 Å². The van der Waals surface area contributed by atoms with Gasteiger partial charge in [-0.3, -0.25) is 4.98 Å². The fourth-order valence-corrected chi connectivity index (χ4v) is 2.14. The fourth-order valence-electron chi connectivity index (χ4n) is 1.55. The van der Waals surface area contributed by atoms with E-state index in [9.17, 15) is 0 Å². The van der Waals surface area contributed by atoms with Gasteiger partial charge in [0.15, 0.2) is 0 Å². The van der Waals surface area contributed by atoms with E-state index in [1.54, 1.807) is 23.0 Å². The van der Waals surface area contributed by atoms with E-state index < -0.39 is 0 Å². The molecule has 0 radical (unpaired) electrons. The second-order valence-corrected chi connectivity index (χ2v) is 4.50. The van der Waals surface area contributed by atoms with Crippen LogP contribution >= 0.6 is 11.3 Å². The number of hydrogen-bond donors (Lipinski definition) is 1. The van der Waals surface area contributed by atoms with E-state index in [1.807, 2.05) is 42.6 Å². The van der Waals surface area contributed by atoms with Crippen molar-refractivity contribution < 1.29 is 0 Å². The van der Waals surface area contributed by atoms with Gasteiger partial charge in [0, 0.05) is 12.4 Å². The molecule has 3 aromatic rings. The Morgan fingerprint density at radius 2 is 1.94 bits per heavy atom. The number of nitrogens with one attached hydrogen (secondary N) is 1. The normalized spacial score (nSPS) is 10.2. The molecule has 4 nitrogen and oxygen atoms in total. The van der Waals surface area contributed by atoms with E-state index in [-0.39, 0.29) is 0 Å². The minimum absolute atomic E-state index is 0.777. The van der Waals surface area contributed by atoms with Crippen molar-refractivity contribution in [2.75, 3.05) is 5.32 Å². The van der Waals surface area contributed by atoms with Crippen LogP contribution in [0.1, 0.15) is 0 Å². The number of anilines is 2. The second-order valence-electron chi connectivity index (χ2n) is 3.61. The van der Waals surface area contributed by atoms with Crippen LogP contribution in [-0.2, 0) is 0 Å². The van der Waals surface area contributed by atoms with E-state index in [4.69, 9.17) is 0 Å². The first-order valence-electron chi connectivity index (χ1n) is 5.46. The van der Waals surface area contributed by atoms with Crippen LogP contribution in [0.3, 0.4) is 0 Å². The summed E-state index contributed by atoms with van der Waals surface area (Å²) in [4.78, 5) is 13.8. The molecule has 0 saturated carbocycles. The van der Waals surface area contributed by atoms with Crippen LogP contribution in [0.4, 0.5) is 11.6 Å². The smallest absolute Gasteiger partial charge is 0.132 e. The Bertz CT molecular complexity index is 623. The molecule has 0 aliphatic heterocycles.